The molecule has 4 nitrogen and oxygen atoms in total. The minimum atomic E-state index is 0.223. The molecule has 2 aromatic rings. The number of aromatic nitrogens is 2. The molecule has 0 bridgehead atoms. The molecule has 1 heterocycles. The molecule has 100 valence electrons. The molecule has 1 aliphatic carbocycles. The Balaban J connectivity index is 1.56. The lowest BCUT2D eigenvalue weighted by Gasteiger charge is -2.06. The number of nitrogens with one attached hydrogen (secondary N) is 1. The van der Waals surface area contributed by atoms with Gasteiger partial charge in [0.25, 0.3) is 0 Å². The summed E-state index contributed by atoms with van der Waals surface area (Å²) in [5.74, 6) is 0.523. The fourth-order valence-corrected chi connectivity index (χ4v) is 2.36. The molecule has 0 spiro atoms. The lowest BCUT2D eigenvalue weighted by Crippen LogP contribution is -2.26. The normalized spacial score (nSPS) is 14.8. The third-order valence-corrected chi connectivity index (χ3v) is 3.70. The van der Waals surface area contributed by atoms with Crippen LogP contribution in [0, 0.1) is 12.8 Å². The molecule has 0 saturated heterocycles. The highest BCUT2D eigenvalue weighted by atomic mass is 16.2. The van der Waals surface area contributed by atoms with Crippen molar-refractivity contribution < 1.29 is 4.79 Å². The minimum Gasteiger partial charge on any atom is -0.356 e. The Kier molecular flexibility index (Phi) is 3.23. The highest BCUT2D eigenvalue weighted by Crippen LogP contribution is 2.28. The largest absolute Gasteiger partial charge is 0.356 e. The van der Waals surface area contributed by atoms with E-state index in [-0.39, 0.29) is 5.91 Å². The van der Waals surface area contributed by atoms with Crippen LogP contribution < -0.4 is 5.32 Å². The molecular weight excluding hydrogens is 238 g/mol. The Morgan fingerprint density at radius 3 is 3.11 bits per heavy atom. The van der Waals surface area contributed by atoms with Gasteiger partial charge in [-0.3, -0.25) is 9.48 Å². The van der Waals surface area contributed by atoms with Crippen molar-refractivity contribution in [1.82, 2.24) is 15.1 Å². The second kappa shape index (κ2) is 5.03. The summed E-state index contributed by atoms with van der Waals surface area (Å²) in [6.45, 7) is 3.69. The fourth-order valence-electron chi connectivity index (χ4n) is 2.36. The van der Waals surface area contributed by atoms with Crippen LogP contribution in [0.5, 0.6) is 0 Å². The molecule has 19 heavy (non-hydrogen) atoms. The molecule has 1 aliphatic rings. The first-order valence-corrected chi connectivity index (χ1v) is 6.94. The zero-order valence-electron chi connectivity index (χ0n) is 11.2. The molecule has 0 unspecified atom stereocenters. The van der Waals surface area contributed by atoms with E-state index in [9.17, 15) is 4.79 Å². The summed E-state index contributed by atoms with van der Waals surface area (Å²) in [5.41, 5.74) is 2.43. The van der Waals surface area contributed by atoms with Crippen molar-refractivity contribution in [3.05, 3.63) is 30.0 Å². The average Bonchev–Trinajstić information content (AvgIpc) is 3.17. The number of aryl methyl sites for hydroxylation is 2. The van der Waals surface area contributed by atoms with Crippen LogP contribution in [0.1, 0.15) is 24.8 Å². The van der Waals surface area contributed by atoms with Gasteiger partial charge >= 0.3 is 0 Å². The molecular formula is C15H19N3O. The van der Waals surface area contributed by atoms with Crippen molar-refractivity contribution in [2.45, 2.75) is 32.7 Å². The highest BCUT2D eigenvalue weighted by molar-refractivity contribution is 5.82. The maximum Gasteiger partial charge on any atom is 0.223 e. The molecule has 1 aromatic carbocycles. The summed E-state index contributed by atoms with van der Waals surface area (Å²) in [5, 5.41) is 8.62. The van der Waals surface area contributed by atoms with Gasteiger partial charge < -0.3 is 5.32 Å². The molecule has 1 N–H and O–H groups in total. The van der Waals surface area contributed by atoms with Gasteiger partial charge in [0.05, 0.1) is 11.7 Å². The van der Waals surface area contributed by atoms with E-state index in [4.69, 9.17) is 0 Å². The van der Waals surface area contributed by atoms with E-state index in [1.807, 2.05) is 10.9 Å². The van der Waals surface area contributed by atoms with Crippen molar-refractivity contribution in [3.63, 3.8) is 0 Å². The van der Waals surface area contributed by atoms with Crippen LogP contribution in [0.25, 0.3) is 10.9 Å². The summed E-state index contributed by atoms with van der Waals surface area (Å²) in [7, 11) is 0. The lowest BCUT2D eigenvalue weighted by atomic mass is 10.1. The van der Waals surface area contributed by atoms with Gasteiger partial charge in [-0.15, -0.1) is 0 Å². The van der Waals surface area contributed by atoms with Crippen LogP contribution in [-0.4, -0.2) is 22.2 Å². The third kappa shape index (κ3) is 2.62. The summed E-state index contributed by atoms with van der Waals surface area (Å²) in [4.78, 5) is 11.5. The van der Waals surface area contributed by atoms with Gasteiger partial charge in [0.1, 0.15) is 0 Å². The maximum atomic E-state index is 11.5. The molecule has 1 aromatic heterocycles. The highest BCUT2D eigenvalue weighted by Gasteiger charge is 2.28. The van der Waals surface area contributed by atoms with Gasteiger partial charge in [-0.25, -0.2) is 0 Å². The molecule has 3 rings (SSSR count). The number of amides is 1. The lowest BCUT2D eigenvalue weighted by molar-refractivity contribution is -0.122. The van der Waals surface area contributed by atoms with E-state index in [2.05, 4.69) is 35.5 Å². The Labute approximate surface area is 112 Å². The standard InChI is InChI=1S/C15H19N3O/c1-11-4-2-5-14-13(11)10-17-18(14)9-3-8-16-15(19)12-6-7-12/h2,4-5,10,12H,3,6-9H2,1H3,(H,16,19). The summed E-state index contributed by atoms with van der Waals surface area (Å²) < 4.78 is 2.02. The quantitative estimate of drug-likeness (QED) is 0.835. The molecule has 0 atom stereocenters. The van der Waals surface area contributed by atoms with Crippen molar-refractivity contribution in [1.29, 1.82) is 0 Å². The first-order chi connectivity index (χ1) is 9.25. The number of rotatable bonds is 5. The molecule has 1 saturated carbocycles. The van der Waals surface area contributed by atoms with E-state index in [1.54, 1.807) is 0 Å². The Morgan fingerprint density at radius 2 is 2.32 bits per heavy atom. The smallest absolute Gasteiger partial charge is 0.223 e. The maximum absolute atomic E-state index is 11.5. The predicted octanol–water partition coefficient (Wildman–Crippen LogP) is 2.26. The Hall–Kier alpha value is -1.84. The SMILES string of the molecule is Cc1cccc2c1cnn2CCCNC(=O)C1CC1. The van der Waals surface area contributed by atoms with E-state index < -0.39 is 0 Å². The molecule has 1 fully saturated rings. The zero-order chi connectivity index (χ0) is 13.2. The van der Waals surface area contributed by atoms with Crippen LogP contribution in [-0.2, 0) is 11.3 Å². The van der Waals surface area contributed by atoms with Gasteiger partial charge in [0.2, 0.25) is 5.91 Å². The monoisotopic (exact) mass is 257 g/mol. The average molecular weight is 257 g/mol. The van der Waals surface area contributed by atoms with Gasteiger partial charge in [-0.1, -0.05) is 12.1 Å². The number of nitrogens with zero attached hydrogens (tertiary/aromatic N) is 2. The van der Waals surface area contributed by atoms with Gasteiger partial charge in [-0.05, 0) is 37.8 Å². The van der Waals surface area contributed by atoms with E-state index >= 15 is 0 Å². The molecule has 0 radical (unpaired) electrons. The van der Waals surface area contributed by atoms with Crippen LogP contribution in [0.15, 0.2) is 24.4 Å². The minimum absolute atomic E-state index is 0.223. The number of carbonyl (C=O) groups is 1. The number of hydrogen-bond acceptors (Lipinski definition) is 2. The van der Waals surface area contributed by atoms with E-state index in [0.29, 0.717) is 5.92 Å². The van der Waals surface area contributed by atoms with Crippen LogP contribution in [0.2, 0.25) is 0 Å². The van der Waals surface area contributed by atoms with Crippen LogP contribution in [0.3, 0.4) is 0 Å². The van der Waals surface area contributed by atoms with Crippen molar-refractivity contribution in [3.8, 4) is 0 Å². The number of benzene rings is 1. The third-order valence-electron chi connectivity index (χ3n) is 3.70. The van der Waals surface area contributed by atoms with Crippen molar-refractivity contribution >= 4 is 16.8 Å². The topological polar surface area (TPSA) is 46.9 Å². The Bertz CT molecular complexity index is 598. The number of hydrogen-bond donors (Lipinski definition) is 1. The first-order valence-electron chi connectivity index (χ1n) is 6.94. The number of carbonyl (C=O) groups excluding carboxylic acids is 1. The first kappa shape index (κ1) is 12.2. The molecule has 4 heteroatoms. The van der Waals surface area contributed by atoms with Crippen LogP contribution >= 0.6 is 0 Å². The fraction of sp³-hybridized carbons (Fsp3) is 0.467. The second-order valence-electron chi connectivity index (χ2n) is 5.29. The van der Waals surface area contributed by atoms with Gasteiger partial charge in [0.15, 0.2) is 0 Å². The zero-order valence-corrected chi connectivity index (χ0v) is 11.2. The predicted molar refractivity (Wildman–Crippen MR) is 74.8 cm³/mol. The van der Waals surface area contributed by atoms with Crippen LogP contribution in [0.4, 0.5) is 0 Å². The van der Waals surface area contributed by atoms with Crippen molar-refractivity contribution in [2.24, 2.45) is 5.92 Å². The van der Waals surface area contributed by atoms with E-state index in [1.165, 1.54) is 16.5 Å². The summed E-state index contributed by atoms with van der Waals surface area (Å²) in [6, 6.07) is 6.26. The Morgan fingerprint density at radius 1 is 1.47 bits per heavy atom. The van der Waals surface area contributed by atoms with E-state index in [0.717, 1.165) is 32.4 Å². The summed E-state index contributed by atoms with van der Waals surface area (Å²) in [6.07, 6.45) is 4.97. The van der Waals surface area contributed by atoms with Gasteiger partial charge in [0, 0.05) is 24.4 Å². The molecule has 0 aliphatic heterocycles. The van der Waals surface area contributed by atoms with Gasteiger partial charge in [-0.2, -0.15) is 5.10 Å². The summed E-state index contributed by atoms with van der Waals surface area (Å²) >= 11 is 0. The second-order valence-corrected chi connectivity index (χ2v) is 5.29. The molecule has 1 amide bonds. The van der Waals surface area contributed by atoms with Crippen molar-refractivity contribution in [2.75, 3.05) is 6.54 Å². The number of fused-ring (bicyclic) bond motifs is 1.